The summed E-state index contributed by atoms with van der Waals surface area (Å²) in [7, 11) is 1.59. The van der Waals surface area contributed by atoms with Crippen molar-refractivity contribution in [3.63, 3.8) is 0 Å². The Bertz CT molecular complexity index is 1400. The van der Waals surface area contributed by atoms with E-state index in [-0.39, 0.29) is 18.4 Å². The summed E-state index contributed by atoms with van der Waals surface area (Å²) in [5, 5.41) is 14.3. The molecule has 1 unspecified atom stereocenters. The van der Waals surface area contributed by atoms with Crippen LogP contribution in [0.3, 0.4) is 0 Å². The number of anilines is 1. The van der Waals surface area contributed by atoms with Crippen molar-refractivity contribution >= 4 is 29.2 Å². The Kier molecular flexibility index (Phi) is 8.71. The van der Waals surface area contributed by atoms with Gasteiger partial charge in [-0.2, -0.15) is 0 Å². The van der Waals surface area contributed by atoms with Crippen LogP contribution in [0.4, 0.5) is 5.69 Å². The van der Waals surface area contributed by atoms with Gasteiger partial charge in [0, 0.05) is 29.2 Å². The molecule has 2 aliphatic heterocycles. The molecule has 3 atom stereocenters. The summed E-state index contributed by atoms with van der Waals surface area (Å²) >= 11 is 6.32. The van der Waals surface area contributed by atoms with Crippen molar-refractivity contribution in [3.05, 3.63) is 81.9 Å². The van der Waals surface area contributed by atoms with Crippen molar-refractivity contribution in [2.24, 2.45) is 5.92 Å². The van der Waals surface area contributed by atoms with Crippen LogP contribution in [0.2, 0.25) is 5.02 Å². The molecule has 2 aliphatic rings. The van der Waals surface area contributed by atoms with Gasteiger partial charge in [0.1, 0.15) is 19.0 Å². The van der Waals surface area contributed by atoms with Crippen LogP contribution >= 0.6 is 11.6 Å². The highest BCUT2D eigenvalue weighted by atomic mass is 35.5. The van der Waals surface area contributed by atoms with Gasteiger partial charge in [0.25, 0.3) is 0 Å². The van der Waals surface area contributed by atoms with Crippen molar-refractivity contribution in [2.75, 3.05) is 38.7 Å². The van der Waals surface area contributed by atoms with Crippen molar-refractivity contribution in [3.8, 4) is 17.2 Å². The third-order valence-electron chi connectivity index (χ3n) is 7.97. The van der Waals surface area contributed by atoms with Gasteiger partial charge >= 0.3 is 5.97 Å². The van der Waals surface area contributed by atoms with E-state index in [2.05, 4.69) is 5.32 Å². The number of carbonyl (C=O) groups is 2. The summed E-state index contributed by atoms with van der Waals surface area (Å²) in [6, 6.07) is 16.2. The number of nitrogens with zero attached hydrogens (tertiary/aromatic N) is 1. The minimum atomic E-state index is -0.923. The molecule has 216 valence electrons. The van der Waals surface area contributed by atoms with E-state index < -0.39 is 17.9 Å². The normalized spacial score (nSPS) is 20.0. The average Bonchev–Trinajstić information content (AvgIpc) is 3.36. The molecule has 0 bridgehead atoms. The lowest BCUT2D eigenvalue weighted by molar-refractivity contribution is -0.143. The van der Waals surface area contributed by atoms with Gasteiger partial charge in [0.15, 0.2) is 11.5 Å². The first-order valence-electron chi connectivity index (χ1n) is 13.9. The van der Waals surface area contributed by atoms with Crippen LogP contribution in [0.1, 0.15) is 48.1 Å². The van der Waals surface area contributed by atoms with Gasteiger partial charge in [-0.05, 0) is 71.5 Å². The Morgan fingerprint density at radius 1 is 0.976 bits per heavy atom. The maximum absolute atomic E-state index is 13.6. The van der Waals surface area contributed by atoms with Gasteiger partial charge in [0.05, 0.1) is 19.6 Å². The van der Waals surface area contributed by atoms with E-state index in [0.29, 0.717) is 54.9 Å². The van der Waals surface area contributed by atoms with Gasteiger partial charge in [-0.15, -0.1) is 0 Å². The summed E-state index contributed by atoms with van der Waals surface area (Å²) in [6.45, 7) is 5.36. The lowest BCUT2D eigenvalue weighted by Gasteiger charge is -2.27. The molecule has 2 N–H and O–H groups in total. The second-order valence-corrected chi connectivity index (χ2v) is 10.8. The molecule has 2 heterocycles. The number of carbonyl (C=O) groups excluding carboxylic acids is 1. The van der Waals surface area contributed by atoms with E-state index in [4.69, 9.17) is 25.8 Å². The lowest BCUT2D eigenvalue weighted by Crippen LogP contribution is -2.35. The van der Waals surface area contributed by atoms with E-state index in [1.165, 1.54) is 0 Å². The van der Waals surface area contributed by atoms with Crippen LogP contribution in [0.5, 0.6) is 17.2 Å². The Labute approximate surface area is 245 Å². The van der Waals surface area contributed by atoms with Crippen molar-refractivity contribution in [2.45, 2.75) is 38.6 Å². The van der Waals surface area contributed by atoms with Crippen LogP contribution in [0.15, 0.2) is 54.6 Å². The van der Waals surface area contributed by atoms with Crippen LogP contribution in [-0.2, 0) is 22.4 Å². The molecule has 1 fully saturated rings. The molecule has 1 amide bonds. The molecule has 1 saturated heterocycles. The Hall–Kier alpha value is -3.75. The van der Waals surface area contributed by atoms with Gasteiger partial charge in [-0.1, -0.05) is 43.6 Å². The Balaban J connectivity index is 1.49. The number of benzene rings is 3. The van der Waals surface area contributed by atoms with Crippen molar-refractivity contribution in [1.29, 1.82) is 0 Å². The fourth-order valence-corrected chi connectivity index (χ4v) is 6.29. The lowest BCUT2D eigenvalue weighted by atomic mass is 9.82. The van der Waals surface area contributed by atoms with Crippen molar-refractivity contribution in [1.82, 2.24) is 4.90 Å². The third kappa shape index (κ3) is 5.99. The molecule has 41 heavy (non-hydrogen) atoms. The number of aryl methyl sites for hydroxylation is 2. The number of hydrogen-bond acceptors (Lipinski definition) is 6. The van der Waals surface area contributed by atoms with Gasteiger partial charge in [-0.25, -0.2) is 0 Å². The molecule has 9 heteroatoms. The largest absolute Gasteiger partial charge is 0.497 e. The quantitative estimate of drug-likeness (QED) is 0.335. The van der Waals surface area contributed by atoms with Gasteiger partial charge < -0.3 is 24.6 Å². The third-order valence-corrected chi connectivity index (χ3v) is 8.19. The molecule has 3 aromatic carbocycles. The number of amides is 1. The first-order valence-corrected chi connectivity index (χ1v) is 14.3. The number of fused-ring (bicyclic) bond motifs is 1. The minimum absolute atomic E-state index is 0.0243. The number of ether oxygens (including phenoxy) is 3. The molecule has 3 aromatic rings. The minimum Gasteiger partial charge on any atom is -0.497 e. The zero-order valence-electron chi connectivity index (χ0n) is 23.5. The number of methoxy groups -OCH3 is 1. The highest BCUT2D eigenvalue weighted by molar-refractivity contribution is 6.30. The Morgan fingerprint density at radius 3 is 2.22 bits per heavy atom. The van der Waals surface area contributed by atoms with Crippen molar-refractivity contribution < 1.29 is 28.9 Å². The maximum Gasteiger partial charge on any atom is 0.309 e. The SMILES string of the molecule is CCc1cc(Cl)cc(CC)c1NC(=O)CN1C[C@H](c2ccc3c(c2)OCCO3)C(C(=O)O)[C@@H]1c1ccc(OC)cc1. The number of aliphatic carboxylic acids is 1. The van der Waals surface area contributed by atoms with E-state index in [1.807, 2.05) is 73.3 Å². The fourth-order valence-electron chi connectivity index (χ4n) is 6.03. The molecule has 0 radical (unpaired) electrons. The summed E-state index contributed by atoms with van der Waals surface area (Å²) < 4.78 is 16.8. The molecular formula is C32H35ClN2O6. The number of nitrogens with one attached hydrogen (secondary N) is 1. The first kappa shape index (κ1) is 28.8. The zero-order valence-corrected chi connectivity index (χ0v) is 24.2. The predicted molar refractivity (Wildman–Crippen MR) is 157 cm³/mol. The fraction of sp³-hybridized carbons (Fsp3) is 0.375. The maximum atomic E-state index is 13.6. The second kappa shape index (κ2) is 12.4. The average molecular weight is 579 g/mol. The smallest absolute Gasteiger partial charge is 0.309 e. The topological polar surface area (TPSA) is 97.3 Å². The number of halogens is 1. The second-order valence-electron chi connectivity index (χ2n) is 10.4. The van der Waals surface area contributed by atoms with Crippen LogP contribution in [-0.4, -0.2) is 55.3 Å². The summed E-state index contributed by atoms with van der Waals surface area (Å²) in [6.07, 6.45) is 1.43. The number of hydrogen-bond donors (Lipinski definition) is 2. The molecule has 0 spiro atoms. The van der Waals surface area contributed by atoms with Crippen LogP contribution < -0.4 is 19.5 Å². The van der Waals surface area contributed by atoms with E-state index >= 15 is 0 Å². The first-order chi connectivity index (χ1) is 19.8. The number of carboxylic acid groups (broad SMARTS) is 1. The number of carboxylic acids is 1. The highest BCUT2D eigenvalue weighted by Gasteiger charge is 2.48. The van der Waals surface area contributed by atoms with Gasteiger partial charge in [0.2, 0.25) is 5.91 Å². The molecular weight excluding hydrogens is 544 g/mol. The number of rotatable bonds is 9. The van der Waals surface area contributed by atoms with Crippen LogP contribution in [0.25, 0.3) is 0 Å². The predicted octanol–water partition coefficient (Wildman–Crippen LogP) is 5.72. The Morgan fingerprint density at radius 2 is 1.61 bits per heavy atom. The summed E-state index contributed by atoms with van der Waals surface area (Å²) in [4.78, 5) is 28.4. The number of likely N-dealkylation sites (tertiary alicyclic amines) is 1. The highest BCUT2D eigenvalue weighted by Crippen LogP contribution is 2.47. The van der Waals surface area contributed by atoms with E-state index in [0.717, 1.165) is 27.9 Å². The van der Waals surface area contributed by atoms with E-state index in [1.54, 1.807) is 7.11 Å². The molecule has 8 nitrogen and oxygen atoms in total. The molecule has 0 aromatic heterocycles. The molecule has 0 aliphatic carbocycles. The zero-order chi connectivity index (χ0) is 29.1. The molecule has 5 rings (SSSR count). The van der Waals surface area contributed by atoms with E-state index in [9.17, 15) is 14.7 Å². The monoisotopic (exact) mass is 578 g/mol. The standard InChI is InChI=1S/C32H35ClN2O6/c1-4-19-14-23(33)15-20(5-2)30(19)34-28(36)18-35-17-25(22-8-11-26-27(16-22)41-13-12-40-26)29(32(37)38)31(35)21-6-9-24(39-3)10-7-21/h6-11,14-16,25,29,31H,4-5,12-13,17-18H2,1-3H3,(H,34,36)(H,37,38)/t25-,29?,31+/m1/s1. The molecule has 0 saturated carbocycles. The van der Waals surface area contributed by atoms with Gasteiger partial charge in [-0.3, -0.25) is 14.5 Å². The van der Waals surface area contributed by atoms with Crippen LogP contribution in [0, 0.1) is 5.92 Å². The summed E-state index contributed by atoms with van der Waals surface area (Å²) in [5.41, 5.74) is 4.35. The summed E-state index contributed by atoms with van der Waals surface area (Å²) in [5.74, 6) is -0.377.